The Labute approximate surface area is 171 Å². The van der Waals surface area contributed by atoms with Crippen LogP contribution in [0.2, 0.25) is 0 Å². The van der Waals surface area contributed by atoms with Crippen LogP contribution in [0.25, 0.3) is 10.9 Å². The van der Waals surface area contributed by atoms with Crippen LogP contribution in [0.3, 0.4) is 0 Å². The summed E-state index contributed by atoms with van der Waals surface area (Å²) < 4.78 is 6.51. The molecule has 0 aliphatic carbocycles. The van der Waals surface area contributed by atoms with E-state index in [0.717, 1.165) is 15.4 Å². The second-order valence-corrected chi connectivity index (χ2v) is 8.57. The van der Waals surface area contributed by atoms with E-state index in [1.165, 1.54) is 0 Å². The SMILES string of the molecule is CC(C)(C)OC(=O)[C@@](C[N+](=O)[O-])(c1ccccc1)c1c[nH]c2ccc(Br)cc12. The molecule has 1 N–H and O–H groups in total. The van der Waals surface area contributed by atoms with E-state index in [-0.39, 0.29) is 0 Å². The summed E-state index contributed by atoms with van der Waals surface area (Å²) in [6.07, 6.45) is 1.66. The molecule has 0 fully saturated rings. The number of nitrogens with zero attached hydrogens (tertiary/aromatic N) is 1. The average molecular weight is 445 g/mol. The molecule has 3 aromatic rings. The number of benzene rings is 2. The van der Waals surface area contributed by atoms with Gasteiger partial charge in [0.15, 0.2) is 5.41 Å². The number of hydrogen-bond acceptors (Lipinski definition) is 4. The van der Waals surface area contributed by atoms with Gasteiger partial charge in [-0.05, 0) is 44.5 Å². The van der Waals surface area contributed by atoms with Crippen LogP contribution in [0.15, 0.2) is 59.2 Å². The minimum absolute atomic E-state index is 0.465. The number of rotatable bonds is 5. The summed E-state index contributed by atoms with van der Waals surface area (Å²) in [6.45, 7) is 4.63. The number of hydrogen-bond donors (Lipinski definition) is 1. The first-order valence-corrected chi connectivity index (χ1v) is 9.61. The lowest BCUT2D eigenvalue weighted by Crippen LogP contribution is -2.47. The van der Waals surface area contributed by atoms with Gasteiger partial charge in [0.2, 0.25) is 6.54 Å². The van der Waals surface area contributed by atoms with Gasteiger partial charge >= 0.3 is 5.97 Å². The average Bonchev–Trinajstić information content (AvgIpc) is 3.02. The normalized spacial score (nSPS) is 13.9. The Morgan fingerprint density at radius 1 is 1.18 bits per heavy atom. The quantitative estimate of drug-likeness (QED) is 0.346. The molecule has 0 unspecified atom stereocenters. The second kappa shape index (κ2) is 7.39. The van der Waals surface area contributed by atoms with E-state index in [4.69, 9.17) is 4.74 Å². The van der Waals surface area contributed by atoms with Gasteiger partial charge in [0.05, 0.1) is 0 Å². The minimum atomic E-state index is -1.59. The van der Waals surface area contributed by atoms with E-state index < -0.39 is 28.5 Å². The highest BCUT2D eigenvalue weighted by Crippen LogP contribution is 2.40. The molecule has 0 amide bonds. The second-order valence-electron chi connectivity index (χ2n) is 7.66. The molecule has 3 rings (SSSR count). The predicted molar refractivity (Wildman–Crippen MR) is 111 cm³/mol. The Hall–Kier alpha value is -2.67. The number of nitro groups is 1. The molecule has 1 heterocycles. The highest BCUT2D eigenvalue weighted by atomic mass is 79.9. The molecule has 0 saturated heterocycles. The van der Waals surface area contributed by atoms with Gasteiger partial charge < -0.3 is 9.72 Å². The molecule has 28 heavy (non-hydrogen) atoms. The van der Waals surface area contributed by atoms with Crippen molar-refractivity contribution in [3.05, 3.63) is 80.4 Å². The van der Waals surface area contributed by atoms with E-state index in [1.807, 2.05) is 18.2 Å². The van der Waals surface area contributed by atoms with E-state index in [2.05, 4.69) is 20.9 Å². The number of carbonyl (C=O) groups is 1. The van der Waals surface area contributed by atoms with Crippen molar-refractivity contribution < 1.29 is 14.5 Å². The fraction of sp³-hybridized carbons (Fsp3) is 0.286. The highest BCUT2D eigenvalue weighted by molar-refractivity contribution is 9.10. The summed E-state index contributed by atoms with van der Waals surface area (Å²) in [5.41, 5.74) is -0.564. The van der Waals surface area contributed by atoms with Gasteiger partial charge in [-0.2, -0.15) is 0 Å². The third-order valence-corrected chi connectivity index (χ3v) is 4.98. The van der Waals surface area contributed by atoms with Gasteiger partial charge in [-0.25, -0.2) is 0 Å². The summed E-state index contributed by atoms with van der Waals surface area (Å²) in [6, 6.07) is 14.4. The zero-order valence-corrected chi connectivity index (χ0v) is 17.4. The molecule has 7 heteroatoms. The lowest BCUT2D eigenvalue weighted by molar-refractivity contribution is -0.486. The third-order valence-electron chi connectivity index (χ3n) is 4.48. The van der Waals surface area contributed by atoms with Gasteiger partial charge in [-0.1, -0.05) is 46.3 Å². The number of aromatic amines is 1. The van der Waals surface area contributed by atoms with Crippen molar-refractivity contribution in [3.63, 3.8) is 0 Å². The first kappa shape index (κ1) is 20.1. The molecule has 0 aliphatic rings. The van der Waals surface area contributed by atoms with Crippen molar-refractivity contribution in [2.75, 3.05) is 6.54 Å². The molecule has 1 atom stereocenters. The van der Waals surface area contributed by atoms with Crippen LogP contribution < -0.4 is 0 Å². The number of nitrogens with one attached hydrogen (secondary N) is 1. The monoisotopic (exact) mass is 444 g/mol. The summed E-state index contributed by atoms with van der Waals surface area (Å²) in [4.78, 5) is 27.9. The number of esters is 1. The van der Waals surface area contributed by atoms with Gasteiger partial charge in [0.1, 0.15) is 5.60 Å². The number of H-pyrrole nitrogens is 1. The van der Waals surface area contributed by atoms with Crippen molar-refractivity contribution in [2.45, 2.75) is 31.8 Å². The van der Waals surface area contributed by atoms with Crippen molar-refractivity contribution in [2.24, 2.45) is 0 Å². The molecule has 0 bridgehead atoms. The molecule has 0 aliphatic heterocycles. The van der Waals surface area contributed by atoms with Crippen molar-refractivity contribution >= 4 is 32.8 Å². The number of fused-ring (bicyclic) bond motifs is 1. The van der Waals surface area contributed by atoms with Gasteiger partial charge in [0.25, 0.3) is 0 Å². The number of ether oxygens (including phenoxy) is 1. The zero-order chi connectivity index (χ0) is 20.5. The van der Waals surface area contributed by atoms with Crippen LogP contribution in [-0.4, -0.2) is 28.0 Å². The van der Waals surface area contributed by atoms with E-state index in [0.29, 0.717) is 11.1 Å². The summed E-state index contributed by atoms with van der Waals surface area (Å²) in [5.74, 6) is -0.649. The largest absolute Gasteiger partial charge is 0.459 e. The van der Waals surface area contributed by atoms with Crippen LogP contribution >= 0.6 is 15.9 Å². The minimum Gasteiger partial charge on any atom is -0.459 e. The Balaban J connectivity index is 2.35. The molecule has 2 aromatic carbocycles. The fourth-order valence-corrected chi connectivity index (χ4v) is 3.71. The Kier molecular flexibility index (Phi) is 5.30. The topological polar surface area (TPSA) is 85.2 Å². The predicted octanol–water partition coefficient (Wildman–Crippen LogP) is 4.83. The van der Waals surface area contributed by atoms with E-state index >= 15 is 0 Å². The molecule has 0 radical (unpaired) electrons. The smallest absolute Gasteiger partial charge is 0.328 e. The number of carbonyl (C=O) groups excluding carboxylic acids is 1. The molecule has 0 spiro atoms. The van der Waals surface area contributed by atoms with Crippen LogP contribution in [0.5, 0.6) is 0 Å². The van der Waals surface area contributed by atoms with Gasteiger partial charge in [0, 0.05) is 32.1 Å². The van der Waals surface area contributed by atoms with Crippen molar-refractivity contribution in [3.8, 4) is 0 Å². The van der Waals surface area contributed by atoms with Gasteiger partial charge in [-0.3, -0.25) is 14.9 Å². The van der Waals surface area contributed by atoms with Crippen molar-refractivity contribution in [1.82, 2.24) is 4.98 Å². The summed E-state index contributed by atoms with van der Waals surface area (Å²) >= 11 is 3.45. The standard InChI is InChI=1S/C21H21BrN2O4/c1-20(2,3)28-19(25)21(13-24(26)27,14-7-5-4-6-8-14)17-12-23-18-10-9-15(22)11-16(17)18/h4-12,23H,13H2,1-3H3/t21-/m0/s1. The lowest BCUT2D eigenvalue weighted by atomic mass is 9.74. The Morgan fingerprint density at radius 2 is 1.86 bits per heavy atom. The molecule has 0 saturated carbocycles. The molecule has 146 valence electrons. The number of aromatic nitrogens is 1. The zero-order valence-electron chi connectivity index (χ0n) is 15.9. The molecular formula is C21H21BrN2O4. The lowest BCUT2D eigenvalue weighted by Gasteiger charge is -2.32. The maximum absolute atomic E-state index is 13.5. The van der Waals surface area contributed by atoms with Crippen LogP contribution in [0.4, 0.5) is 0 Å². The van der Waals surface area contributed by atoms with Crippen molar-refractivity contribution in [1.29, 1.82) is 0 Å². The first-order valence-electron chi connectivity index (χ1n) is 8.81. The maximum Gasteiger partial charge on any atom is 0.328 e. The first-order chi connectivity index (χ1) is 13.1. The Bertz CT molecular complexity index is 1020. The van der Waals surface area contributed by atoms with E-state index in [9.17, 15) is 14.9 Å². The summed E-state index contributed by atoms with van der Waals surface area (Å²) in [5, 5.41) is 12.5. The van der Waals surface area contributed by atoms with Gasteiger partial charge in [-0.15, -0.1) is 0 Å². The molecule has 1 aromatic heterocycles. The number of halogens is 1. The molecule has 6 nitrogen and oxygen atoms in total. The van der Waals surface area contributed by atoms with E-state index in [1.54, 1.807) is 57.3 Å². The van der Waals surface area contributed by atoms with Crippen LogP contribution in [0.1, 0.15) is 31.9 Å². The molecular weight excluding hydrogens is 424 g/mol. The Morgan fingerprint density at radius 3 is 2.46 bits per heavy atom. The van der Waals surface area contributed by atoms with Crippen LogP contribution in [0, 0.1) is 10.1 Å². The maximum atomic E-state index is 13.5. The highest BCUT2D eigenvalue weighted by Gasteiger charge is 2.51. The third kappa shape index (κ3) is 3.80. The fourth-order valence-electron chi connectivity index (χ4n) is 3.35. The summed E-state index contributed by atoms with van der Waals surface area (Å²) in [7, 11) is 0. The van der Waals surface area contributed by atoms with Crippen LogP contribution in [-0.2, 0) is 14.9 Å².